The van der Waals surface area contributed by atoms with Crippen LogP contribution >= 0.6 is 11.6 Å². The minimum absolute atomic E-state index is 0.120. The zero-order valence-electron chi connectivity index (χ0n) is 13.7. The quantitative estimate of drug-likeness (QED) is 0.556. The summed E-state index contributed by atoms with van der Waals surface area (Å²) in [5.74, 6) is 0.357. The van der Waals surface area contributed by atoms with Crippen LogP contribution in [0.25, 0.3) is 27.5 Å². The molecule has 1 aliphatic carbocycles. The smallest absolute Gasteiger partial charge is 0.281 e. The Bertz CT molecular complexity index is 1230. The predicted molar refractivity (Wildman–Crippen MR) is 101 cm³/mol. The highest BCUT2D eigenvalue weighted by molar-refractivity contribution is 6.67. The molecule has 1 saturated carbocycles. The standard InChI is InChI=1S/C20H14ClN3O2/c21-19(25)12-7-9-13(10-8-12)24-20(26)16-17(11-5-6-11)22-15-4-2-1-3-14(15)18(16)23-24/h1-4,7-11,23H,5-6H2. The van der Waals surface area contributed by atoms with Crippen molar-refractivity contribution in [2.75, 3.05) is 0 Å². The second kappa shape index (κ2) is 5.54. The Hall–Kier alpha value is -2.92. The molecule has 5 rings (SSSR count). The molecule has 6 heteroatoms. The van der Waals surface area contributed by atoms with Gasteiger partial charge >= 0.3 is 0 Å². The summed E-state index contributed by atoms with van der Waals surface area (Å²) < 4.78 is 1.51. The van der Waals surface area contributed by atoms with Crippen molar-refractivity contribution in [1.29, 1.82) is 0 Å². The molecule has 1 N–H and O–H groups in total. The van der Waals surface area contributed by atoms with Crippen LogP contribution in [-0.2, 0) is 0 Å². The van der Waals surface area contributed by atoms with Crippen molar-refractivity contribution in [3.63, 3.8) is 0 Å². The molecule has 2 aromatic heterocycles. The van der Waals surface area contributed by atoms with E-state index in [-0.39, 0.29) is 5.56 Å². The molecule has 2 aromatic carbocycles. The molecule has 0 unspecified atom stereocenters. The Labute approximate surface area is 153 Å². The Kier molecular flexibility index (Phi) is 3.27. The normalized spacial score (nSPS) is 14.2. The molecule has 5 nitrogen and oxygen atoms in total. The van der Waals surface area contributed by atoms with E-state index in [0.29, 0.717) is 22.6 Å². The van der Waals surface area contributed by atoms with E-state index < -0.39 is 5.24 Å². The second-order valence-electron chi connectivity index (χ2n) is 6.61. The fourth-order valence-corrected chi connectivity index (χ4v) is 3.54. The first-order valence-corrected chi connectivity index (χ1v) is 8.85. The summed E-state index contributed by atoms with van der Waals surface area (Å²) >= 11 is 5.50. The van der Waals surface area contributed by atoms with E-state index in [2.05, 4.69) is 5.10 Å². The van der Waals surface area contributed by atoms with Crippen LogP contribution in [0.5, 0.6) is 0 Å². The molecule has 0 aliphatic heterocycles. The van der Waals surface area contributed by atoms with Gasteiger partial charge in [0.1, 0.15) is 0 Å². The average molecular weight is 364 g/mol. The van der Waals surface area contributed by atoms with E-state index in [1.165, 1.54) is 4.68 Å². The van der Waals surface area contributed by atoms with Crippen molar-refractivity contribution < 1.29 is 4.79 Å². The molecular formula is C20H14ClN3O2. The van der Waals surface area contributed by atoms with E-state index >= 15 is 0 Å². The maximum atomic E-state index is 13.1. The molecule has 0 spiro atoms. The molecule has 1 fully saturated rings. The number of carbonyl (C=O) groups is 1. The molecule has 128 valence electrons. The number of nitrogens with one attached hydrogen (secondary N) is 1. The van der Waals surface area contributed by atoms with E-state index in [1.54, 1.807) is 24.3 Å². The van der Waals surface area contributed by atoms with Crippen molar-refractivity contribution in [3.05, 3.63) is 70.1 Å². The number of nitrogens with zero attached hydrogens (tertiary/aromatic N) is 2. The van der Waals surface area contributed by atoms with Crippen LogP contribution in [0.3, 0.4) is 0 Å². The highest BCUT2D eigenvalue weighted by atomic mass is 35.5. The predicted octanol–water partition coefficient (Wildman–Crippen LogP) is 4.12. The molecule has 0 saturated heterocycles. The zero-order valence-corrected chi connectivity index (χ0v) is 14.5. The van der Waals surface area contributed by atoms with Crippen LogP contribution in [-0.4, -0.2) is 20.0 Å². The highest BCUT2D eigenvalue weighted by Crippen LogP contribution is 2.42. The third-order valence-corrected chi connectivity index (χ3v) is 5.10. The fraction of sp³-hybridized carbons (Fsp3) is 0.150. The number of aromatic amines is 1. The number of halogens is 1. The van der Waals surface area contributed by atoms with E-state index in [1.807, 2.05) is 24.3 Å². The third-order valence-electron chi connectivity index (χ3n) is 4.88. The highest BCUT2D eigenvalue weighted by Gasteiger charge is 2.30. The van der Waals surface area contributed by atoms with Crippen LogP contribution in [0.2, 0.25) is 0 Å². The van der Waals surface area contributed by atoms with Gasteiger partial charge in [0, 0.05) is 16.9 Å². The summed E-state index contributed by atoms with van der Waals surface area (Å²) in [6.07, 6.45) is 2.13. The number of carbonyl (C=O) groups excluding carboxylic acids is 1. The summed E-state index contributed by atoms with van der Waals surface area (Å²) in [6, 6.07) is 14.5. The number of hydrogen-bond acceptors (Lipinski definition) is 3. The zero-order chi connectivity index (χ0) is 17.8. The molecule has 1 aliphatic rings. The number of para-hydroxylation sites is 1. The van der Waals surface area contributed by atoms with Gasteiger partial charge in [-0.3, -0.25) is 19.7 Å². The van der Waals surface area contributed by atoms with E-state index in [0.717, 1.165) is 35.0 Å². The fourth-order valence-electron chi connectivity index (χ4n) is 3.41. The van der Waals surface area contributed by atoms with Crippen LogP contribution < -0.4 is 5.56 Å². The lowest BCUT2D eigenvalue weighted by Crippen LogP contribution is -2.15. The van der Waals surface area contributed by atoms with Crippen molar-refractivity contribution in [2.24, 2.45) is 0 Å². The summed E-state index contributed by atoms with van der Waals surface area (Å²) in [6.45, 7) is 0. The van der Waals surface area contributed by atoms with Crippen LogP contribution in [0.1, 0.15) is 34.8 Å². The van der Waals surface area contributed by atoms with Crippen LogP contribution in [0, 0.1) is 0 Å². The van der Waals surface area contributed by atoms with E-state index in [9.17, 15) is 9.59 Å². The monoisotopic (exact) mass is 363 g/mol. The summed E-state index contributed by atoms with van der Waals surface area (Å²) in [5, 5.41) is 4.30. The van der Waals surface area contributed by atoms with Crippen molar-refractivity contribution >= 4 is 38.6 Å². The number of H-pyrrole nitrogens is 1. The first kappa shape index (κ1) is 15.3. The number of rotatable bonds is 3. The topological polar surface area (TPSA) is 67.8 Å². The maximum Gasteiger partial charge on any atom is 0.281 e. The van der Waals surface area contributed by atoms with Gasteiger partial charge in [-0.1, -0.05) is 18.2 Å². The van der Waals surface area contributed by atoms with E-state index in [4.69, 9.17) is 16.6 Å². The molecule has 4 aromatic rings. The van der Waals surface area contributed by atoms with Gasteiger partial charge in [0.25, 0.3) is 10.8 Å². The van der Waals surface area contributed by atoms with Gasteiger partial charge in [-0.15, -0.1) is 0 Å². The average Bonchev–Trinajstić information content (AvgIpc) is 3.45. The van der Waals surface area contributed by atoms with Gasteiger partial charge < -0.3 is 0 Å². The van der Waals surface area contributed by atoms with Gasteiger partial charge in [-0.2, -0.15) is 0 Å². The lowest BCUT2D eigenvalue weighted by Gasteiger charge is -2.03. The molecular weight excluding hydrogens is 350 g/mol. The van der Waals surface area contributed by atoms with Crippen molar-refractivity contribution in [3.8, 4) is 5.69 Å². The summed E-state index contributed by atoms with van der Waals surface area (Å²) in [4.78, 5) is 29.2. The molecule has 0 atom stereocenters. The summed E-state index contributed by atoms with van der Waals surface area (Å²) in [5.41, 5.74) is 3.50. The molecule has 0 bridgehead atoms. The largest absolute Gasteiger partial charge is 0.290 e. The molecule has 2 heterocycles. The number of pyridine rings is 1. The van der Waals surface area contributed by atoms with Gasteiger partial charge in [0.05, 0.1) is 27.8 Å². The van der Waals surface area contributed by atoms with Gasteiger partial charge in [-0.05, 0) is 54.8 Å². The third kappa shape index (κ3) is 2.28. The number of benzene rings is 2. The maximum absolute atomic E-state index is 13.1. The molecule has 0 amide bonds. The number of fused-ring (bicyclic) bond motifs is 3. The lowest BCUT2D eigenvalue weighted by molar-refractivity contribution is 0.108. The Morgan fingerprint density at radius 1 is 1.12 bits per heavy atom. The SMILES string of the molecule is O=C(Cl)c1ccc(-n2[nH]c3c(c(C4CC4)nc4ccccc43)c2=O)cc1. The van der Waals surface area contributed by atoms with Crippen LogP contribution in [0.4, 0.5) is 0 Å². The van der Waals surface area contributed by atoms with Gasteiger partial charge in [0.2, 0.25) is 0 Å². The molecule has 0 radical (unpaired) electrons. The molecule has 26 heavy (non-hydrogen) atoms. The summed E-state index contributed by atoms with van der Waals surface area (Å²) in [7, 11) is 0. The minimum Gasteiger partial charge on any atom is -0.290 e. The van der Waals surface area contributed by atoms with Gasteiger partial charge in [-0.25, -0.2) is 4.68 Å². The lowest BCUT2D eigenvalue weighted by atomic mass is 10.1. The van der Waals surface area contributed by atoms with Crippen LogP contribution in [0.15, 0.2) is 53.3 Å². The Morgan fingerprint density at radius 3 is 2.54 bits per heavy atom. The van der Waals surface area contributed by atoms with Crippen molar-refractivity contribution in [2.45, 2.75) is 18.8 Å². The number of aromatic nitrogens is 3. The van der Waals surface area contributed by atoms with Crippen molar-refractivity contribution in [1.82, 2.24) is 14.8 Å². The Balaban J connectivity index is 1.81. The first-order valence-electron chi connectivity index (χ1n) is 8.47. The first-order chi connectivity index (χ1) is 12.6. The van der Waals surface area contributed by atoms with Gasteiger partial charge in [0.15, 0.2) is 0 Å². The number of hydrogen-bond donors (Lipinski definition) is 1. The second-order valence-corrected chi connectivity index (χ2v) is 6.95. The Morgan fingerprint density at radius 2 is 1.85 bits per heavy atom. The minimum atomic E-state index is -0.522.